The summed E-state index contributed by atoms with van der Waals surface area (Å²) in [6.07, 6.45) is 19.6. The lowest BCUT2D eigenvalue weighted by molar-refractivity contribution is -0.349. The van der Waals surface area contributed by atoms with Gasteiger partial charge in [-0.3, -0.25) is 0 Å². The van der Waals surface area contributed by atoms with Crippen LogP contribution in [-0.4, -0.2) is 28.6 Å². The molecule has 0 amide bonds. The number of aliphatic hydroxyl groups excluding tert-OH is 1. The third kappa shape index (κ3) is 11.3. The van der Waals surface area contributed by atoms with Gasteiger partial charge in [-0.15, -0.1) is 0 Å². The number of allylic oxidation sites excluding steroid dienone is 1. The predicted molar refractivity (Wildman–Crippen MR) is 131 cm³/mol. The molecule has 0 aliphatic carbocycles. The van der Waals surface area contributed by atoms with Crippen molar-refractivity contribution in [1.29, 1.82) is 0 Å². The first-order valence-corrected chi connectivity index (χ1v) is 15.4. The van der Waals surface area contributed by atoms with Crippen LogP contribution in [-0.2, 0) is 0 Å². The number of hydrogen-bond acceptors (Lipinski definition) is 3. The Balaban J connectivity index is 5.54. The van der Waals surface area contributed by atoms with E-state index >= 15 is 0 Å². The minimum absolute atomic E-state index is 0.569. The molecule has 0 bridgehead atoms. The molecule has 0 saturated heterocycles. The minimum Gasteiger partial charge on any atom is -0.629 e. The van der Waals surface area contributed by atoms with Crippen LogP contribution < -0.4 is 5.11 Å². The van der Waals surface area contributed by atoms with Gasteiger partial charge in [0.25, 0.3) is 0 Å². The highest BCUT2D eigenvalue weighted by Gasteiger charge is 2.44. The summed E-state index contributed by atoms with van der Waals surface area (Å²) in [6, 6.07) is 0. The lowest BCUT2D eigenvalue weighted by Crippen LogP contribution is -2.21. The van der Waals surface area contributed by atoms with Crippen LogP contribution in [0.1, 0.15) is 118 Å². The zero-order valence-corrected chi connectivity index (χ0v) is 21.3. The summed E-state index contributed by atoms with van der Waals surface area (Å²) < 4.78 is 0. The Morgan fingerprint density at radius 2 is 1.25 bits per heavy atom. The molecule has 0 aromatic rings. The zero-order valence-electron chi connectivity index (χ0n) is 19.6. The first-order valence-electron chi connectivity index (χ1n) is 12.1. The van der Waals surface area contributed by atoms with Crippen LogP contribution >= 0.6 is 19.0 Å². The molecule has 1 N–H and O–H groups in total. The van der Waals surface area contributed by atoms with Crippen molar-refractivity contribution in [2.75, 3.05) is 18.5 Å². The fraction of sp³-hybridized carbons (Fsp3) is 0.917. The molecule has 28 heavy (non-hydrogen) atoms. The van der Waals surface area contributed by atoms with Crippen LogP contribution in [0.4, 0.5) is 0 Å². The molecular formula is C24H49O2PS. The molecule has 0 aromatic carbocycles. The predicted octanol–water partition coefficient (Wildman–Crippen LogP) is 8.32. The van der Waals surface area contributed by atoms with Crippen molar-refractivity contribution in [3.05, 3.63) is 10.9 Å². The van der Waals surface area contributed by atoms with Gasteiger partial charge in [-0.05, 0) is 38.5 Å². The Morgan fingerprint density at radius 1 is 0.750 bits per heavy atom. The highest BCUT2D eigenvalue weighted by molar-refractivity contribution is 8.11. The topological polar surface area (TPSA) is 43.3 Å². The van der Waals surface area contributed by atoms with Crippen molar-refractivity contribution in [1.82, 2.24) is 0 Å². The summed E-state index contributed by atoms with van der Waals surface area (Å²) in [5, 5.41) is 21.9. The third-order valence-corrected chi connectivity index (χ3v) is 13.7. The van der Waals surface area contributed by atoms with Gasteiger partial charge in [0.05, 0.1) is 24.4 Å². The normalized spacial score (nSPS) is 14.2. The Bertz CT molecular complexity index is 372. The number of rotatable bonds is 19. The molecule has 1 unspecified atom stereocenters. The number of unbranched alkanes of at least 4 members (excludes halogenated alkanes) is 6. The summed E-state index contributed by atoms with van der Waals surface area (Å²) >= 11 is 1.81. The van der Waals surface area contributed by atoms with E-state index in [1.54, 1.807) is 11.8 Å². The van der Waals surface area contributed by atoms with E-state index in [0.717, 1.165) is 24.2 Å². The van der Waals surface area contributed by atoms with Gasteiger partial charge < -0.3 is 10.2 Å². The van der Waals surface area contributed by atoms with Gasteiger partial charge in [0.2, 0.25) is 0 Å². The van der Waals surface area contributed by atoms with Crippen molar-refractivity contribution in [3.8, 4) is 0 Å². The molecule has 0 aliphatic rings. The third-order valence-electron chi connectivity index (χ3n) is 5.79. The van der Waals surface area contributed by atoms with Gasteiger partial charge in [-0.2, -0.15) is 0 Å². The second-order valence-corrected chi connectivity index (χ2v) is 14.4. The van der Waals surface area contributed by atoms with E-state index in [4.69, 9.17) is 0 Å². The van der Waals surface area contributed by atoms with Crippen molar-refractivity contribution in [3.63, 3.8) is 0 Å². The van der Waals surface area contributed by atoms with E-state index in [-0.39, 0.29) is 0 Å². The first-order chi connectivity index (χ1) is 13.5. The molecular weight excluding hydrogens is 383 g/mol. The largest absolute Gasteiger partial charge is 0.629 e. The lowest BCUT2D eigenvalue weighted by atomic mass is 10.1. The number of aliphatic hydroxyl groups is 1. The minimum atomic E-state index is -1.13. The summed E-state index contributed by atoms with van der Waals surface area (Å²) in [6.45, 7) is 11.4. The molecule has 1 atom stereocenters. The van der Waals surface area contributed by atoms with Gasteiger partial charge in [0, 0.05) is 12.2 Å². The van der Waals surface area contributed by atoms with Crippen molar-refractivity contribution in [2.24, 2.45) is 0 Å². The molecule has 0 aliphatic heterocycles. The average Bonchev–Trinajstić information content (AvgIpc) is 2.69. The molecule has 0 heterocycles. The van der Waals surface area contributed by atoms with Crippen LogP contribution in [0.3, 0.4) is 0 Å². The van der Waals surface area contributed by atoms with Crippen LogP contribution in [0.15, 0.2) is 10.9 Å². The molecule has 0 radical (unpaired) electrons. The van der Waals surface area contributed by atoms with Crippen molar-refractivity contribution < 1.29 is 10.2 Å². The van der Waals surface area contributed by atoms with Gasteiger partial charge in [-0.25, -0.2) is 0 Å². The molecule has 0 spiro atoms. The summed E-state index contributed by atoms with van der Waals surface area (Å²) in [5.41, 5.74) is 0. The van der Waals surface area contributed by atoms with Crippen LogP contribution in [0.25, 0.3) is 0 Å². The maximum absolute atomic E-state index is 12.0. The zero-order chi connectivity index (χ0) is 21.3. The fourth-order valence-corrected chi connectivity index (χ4v) is 12.4. The number of thioether (sulfide) groups is 1. The summed E-state index contributed by atoms with van der Waals surface area (Å²) in [4.78, 5) is 1.32. The van der Waals surface area contributed by atoms with E-state index in [1.165, 1.54) is 82.7 Å². The quantitative estimate of drug-likeness (QED) is 0.127. The molecule has 0 rings (SSSR count). The highest BCUT2D eigenvalue weighted by Crippen LogP contribution is 2.69. The summed E-state index contributed by atoms with van der Waals surface area (Å²) in [7, 11) is -1.13. The second-order valence-electron chi connectivity index (χ2n) is 8.35. The van der Waals surface area contributed by atoms with Gasteiger partial charge in [-0.1, -0.05) is 91.3 Å². The molecule has 2 nitrogen and oxygen atoms in total. The standard InChI is InChI=1S/C24H49O2PS/c1-6-11-15-16-18-22(24(25)26)28-23(17-10-5)27(19-12-7-2,20-13-8-3)21-14-9-4/h23H,6-21H2,1-5H3,(H-,25,26). The molecule has 0 aromatic heterocycles. The fourth-order valence-electron chi connectivity index (χ4n) is 3.97. The van der Waals surface area contributed by atoms with Crippen molar-refractivity contribution in [2.45, 2.75) is 123 Å². The van der Waals surface area contributed by atoms with Gasteiger partial charge >= 0.3 is 0 Å². The van der Waals surface area contributed by atoms with E-state index in [9.17, 15) is 10.2 Å². The van der Waals surface area contributed by atoms with E-state index in [2.05, 4.69) is 34.6 Å². The molecule has 4 heteroatoms. The summed E-state index contributed by atoms with van der Waals surface area (Å²) in [5.74, 6) is -0.651. The smallest absolute Gasteiger partial charge is 0.118 e. The first kappa shape index (κ1) is 28.1. The number of hydrogen-bond donors (Lipinski definition) is 1. The second kappa shape index (κ2) is 17.9. The van der Waals surface area contributed by atoms with Gasteiger partial charge in [0.1, 0.15) is 4.99 Å². The van der Waals surface area contributed by atoms with E-state index in [0.29, 0.717) is 4.99 Å². The van der Waals surface area contributed by atoms with Crippen LogP contribution in [0, 0.1) is 0 Å². The monoisotopic (exact) mass is 432 g/mol. The average molecular weight is 433 g/mol. The Kier molecular flexibility index (Phi) is 18.0. The Hall–Kier alpha value is 0.120. The van der Waals surface area contributed by atoms with Crippen LogP contribution in [0.2, 0.25) is 0 Å². The van der Waals surface area contributed by atoms with Gasteiger partial charge in [0.15, 0.2) is 0 Å². The Labute approximate surface area is 181 Å². The van der Waals surface area contributed by atoms with Crippen LogP contribution in [0.5, 0.6) is 0 Å². The highest BCUT2D eigenvalue weighted by atomic mass is 32.2. The molecule has 168 valence electrons. The molecule has 0 fully saturated rings. The maximum Gasteiger partial charge on any atom is 0.118 e. The molecule has 0 saturated carbocycles. The SMILES string of the molecule is CCCCCC/C(SC(CCC)[P+](CCCC)(CCCC)CCCC)=C(\[O-])O. The maximum atomic E-state index is 12.0. The lowest BCUT2D eigenvalue weighted by Gasteiger charge is -2.36. The van der Waals surface area contributed by atoms with E-state index in [1.807, 2.05) is 0 Å². The van der Waals surface area contributed by atoms with Crippen molar-refractivity contribution >= 4 is 19.0 Å². The van der Waals surface area contributed by atoms with E-state index < -0.39 is 13.2 Å². The Morgan fingerprint density at radius 3 is 1.64 bits per heavy atom.